The first-order chi connectivity index (χ1) is 11.3. The van der Waals surface area contributed by atoms with Gasteiger partial charge in [-0.1, -0.05) is 18.7 Å². The van der Waals surface area contributed by atoms with Crippen molar-refractivity contribution in [1.29, 1.82) is 0 Å². The first-order valence-electron chi connectivity index (χ1n) is 7.49. The number of amides is 2. The molecule has 0 spiro atoms. The molecule has 0 fully saturated rings. The summed E-state index contributed by atoms with van der Waals surface area (Å²) in [5, 5.41) is 0. The minimum atomic E-state index is -3.53. The Hall–Kier alpha value is -2.19. The second-order valence-corrected chi connectivity index (χ2v) is 7.42. The molecule has 0 bridgehead atoms. The van der Waals surface area contributed by atoms with Crippen molar-refractivity contribution in [2.24, 2.45) is 0 Å². The van der Waals surface area contributed by atoms with Crippen LogP contribution < -0.4 is 4.72 Å². The molecule has 24 heavy (non-hydrogen) atoms. The Balaban J connectivity index is 2.19. The van der Waals surface area contributed by atoms with E-state index in [1.165, 1.54) is 19.0 Å². The number of hydrogen-bond donors (Lipinski definition) is 1. The van der Waals surface area contributed by atoms with Crippen LogP contribution in [-0.4, -0.2) is 57.2 Å². The molecule has 2 amide bonds. The monoisotopic (exact) mass is 351 g/mol. The predicted octanol–water partition coefficient (Wildman–Crippen LogP) is 0.124. The molecule has 0 atom stereocenters. The van der Waals surface area contributed by atoms with Crippen LogP contribution in [0.15, 0.2) is 35.7 Å². The quantitative estimate of drug-likeness (QED) is 0.764. The van der Waals surface area contributed by atoms with Crippen LogP contribution in [0.2, 0.25) is 0 Å². The van der Waals surface area contributed by atoms with E-state index in [1.807, 2.05) is 6.07 Å². The summed E-state index contributed by atoms with van der Waals surface area (Å²) in [7, 11) is -0.614. The summed E-state index contributed by atoms with van der Waals surface area (Å²) in [5.74, 6) is -0.497. The van der Waals surface area contributed by atoms with Gasteiger partial charge in [-0.25, -0.2) is 13.1 Å². The van der Waals surface area contributed by atoms with Crippen molar-refractivity contribution < 1.29 is 18.0 Å². The summed E-state index contributed by atoms with van der Waals surface area (Å²) >= 11 is 0. The molecule has 7 nitrogen and oxygen atoms in total. The van der Waals surface area contributed by atoms with Crippen molar-refractivity contribution in [2.75, 3.05) is 27.2 Å². The van der Waals surface area contributed by atoms with Gasteiger partial charge < -0.3 is 9.80 Å². The maximum atomic E-state index is 12.3. The zero-order valence-corrected chi connectivity index (χ0v) is 14.6. The van der Waals surface area contributed by atoms with Gasteiger partial charge in [0.1, 0.15) is 0 Å². The molecule has 2 rings (SSSR count). The van der Waals surface area contributed by atoms with E-state index < -0.39 is 10.0 Å². The number of nitrogens with zero attached hydrogens (tertiary/aromatic N) is 2. The van der Waals surface area contributed by atoms with Gasteiger partial charge in [0.25, 0.3) is 0 Å². The van der Waals surface area contributed by atoms with Crippen molar-refractivity contribution in [3.05, 3.63) is 42.0 Å². The van der Waals surface area contributed by atoms with E-state index in [4.69, 9.17) is 0 Å². The topological polar surface area (TPSA) is 86.8 Å². The highest BCUT2D eigenvalue weighted by Gasteiger charge is 2.26. The number of likely N-dealkylation sites (N-methyl/N-ethyl adjacent to an activating group) is 1. The molecule has 1 aliphatic rings. The van der Waals surface area contributed by atoms with E-state index in [2.05, 4.69) is 11.3 Å². The molecule has 0 saturated carbocycles. The number of rotatable bonds is 5. The van der Waals surface area contributed by atoms with E-state index in [1.54, 1.807) is 17.0 Å². The molecule has 8 heteroatoms. The summed E-state index contributed by atoms with van der Waals surface area (Å²) in [5.41, 5.74) is 1.55. The molecule has 1 aromatic rings. The second-order valence-electron chi connectivity index (χ2n) is 5.57. The summed E-state index contributed by atoms with van der Waals surface area (Å²) in [6, 6.07) is 5.06. The van der Waals surface area contributed by atoms with Gasteiger partial charge in [0.05, 0.1) is 11.4 Å². The third-order valence-electron chi connectivity index (χ3n) is 4.06. The lowest BCUT2D eigenvalue weighted by atomic mass is 9.99. The molecule has 1 N–H and O–H groups in total. The normalized spacial score (nSPS) is 14.0. The minimum Gasteiger partial charge on any atom is -0.336 e. The second kappa shape index (κ2) is 7.14. The van der Waals surface area contributed by atoms with Crippen molar-refractivity contribution in [3.63, 3.8) is 0 Å². The first kappa shape index (κ1) is 18.2. The van der Waals surface area contributed by atoms with E-state index in [0.29, 0.717) is 19.5 Å². The van der Waals surface area contributed by atoms with Crippen molar-refractivity contribution in [3.8, 4) is 0 Å². The molecule has 0 aliphatic carbocycles. The van der Waals surface area contributed by atoms with Crippen LogP contribution in [0.4, 0.5) is 0 Å². The molecule has 1 aliphatic heterocycles. The molecule has 130 valence electrons. The highest BCUT2D eigenvalue weighted by Crippen LogP contribution is 2.25. The number of sulfonamides is 1. The summed E-state index contributed by atoms with van der Waals surface area (Å²) < 4.78 is 26.5. The van der Waals surface area contributed by atoms with E-state index in [0.717, 1.165) is 17.2 Å². The number of fused-ring (bicyclic) bond motifs is 1. The SMILES string of the molecule is C=CC(=O)N(C)CC(=O)N1CCc2c(cccc2S(=O)(=O)NC)C1. The number of hydrogen-bond acceptors (Lipinski definition) is 4. The summed E-state index contributed by atoms with van der Waals surface area (Å²) in [6.07, 6.45) is 1.62. The number of carbonyl (C=O) groups excluding carboxylic acids is 2. The fraction of sp³-hybridized carbons (Fsp3) is 0.375. The Kier molecular flexibility index (Phi) is 5.40. The Morgan fingerprint density at radius 2 is 2.12 bits per heavy atom. The van der Waals surface area contributed by atoms with Gasteiger partial charge in [0.2, 0.25) is 21.8 Å². The lowest BCUT2D eigenvalue weighted by Crippen LogP contribution is -2.43. The number of nitrogens with one attached hydrogen (secondary N) is 1. The third kappa shape index (κ3) is 3.65. The predicted molar refractivity (Wildman–Crippen MR) is 89.6 cm³/mol. The van der Waals surface area contributed by atoms with Gasteiger partial charge in [-0.15, -0.1) is 0 Å². The fourth-order valence-corrected chi connectivity index (χ4v) is 3.72. The molecule has 1 heterocycles. The van der Waals surface area contributed by atoms with Crippen LogP contribution in [0.1, 0.15) is 11.1 Å². The standard InChI is InChI=1S/C16H21N3O4S/c1-4-15(20)18(3)11-16(21)19-9-8-13-12(10-19)6-5-7-14(13)24(22,23)17-2/h4-7,17H,1,8-11H2,2-3H3. The largest absolute Gasteiger partial charge is 0.336 e. The molecule has 0 aromatic heterocycles. The average Bonchev–Trinajstić information content (AvgIpc) is 2.59. The number of carbonyl (C=O) groups is 2. The minimum absolute atomic E-state index is 0.0330. The average molecular weight is 351 g/mol. The Morgan fingerprint density at radius 3 is 2.75 bits per heavy atom. The summed E-state index contributed by atoms with van der Waals surface area (Å²) in [6.45, 7) is 4.11. The van der Waals surface area contributed by atoms with Gasteiger partial charge in [0, 0.05) is 20.1 Å². The van der Waals surface area contributed by atoms with Gasteiger partial charge in [-0.05, 0) is 36.7 Å². The maximum Gasteiger partial charge on any atom is 0.246 e. The van der Waals surface area contributed by atoms with E-state index in [-0.39, 0.29) is 23.3 Å². The van der Waals surface area contributed by atoms with Gasteiger partial charge in [-0.2, -0.15) is 0 Å². The van der Waals surface area contributed by atoms with Crippen molar-refractivity contribution in [1.82, 2.24) is 14.5 Å². The molecule has 1 aromatic carbocycles. The first-order valence-corrected chi connectivity index (χ1v) is 8.98. The van der Waals surface area contributed by atoms with Crippen LogP contribution in [0.5, 0.6) is 0 Å². The van der Waals surface area contributed by atoms with Gasteiger partial charge in [0.15, 0.2) is 0 Å². The highest BCUT2D eigenvalue weighted by molar-refractivity contribution is 7.89. The summed E-state index contributed by atoms with van der Waals surface area (Å²) in [4.78, 5) is 27.0. The van der Waals surface area contributed by atoms with Crippen LogP contribution >= 0.6 is 0 Å². The lowest BCUT2D eigenvalue weighted by molar-refractivity contribution is -0.137. The van der Waals surface area contributed by atoms with Crippen LogP contribution in [0, 0.1) is 0 Å². The zero-order chi connectivity index (χ0) is 17.9. The van der Waals surface area contributed by atoms with Gasteiger partial charge in [-0.3, -0.25) is 9.59 Å². The molecular weight excluding hydrogens is 330 g/mol. The maximum absolute atomic E-state index is 12.3. The van der Waals surface area contributed by atoms with Gasteiger partial charge >= 0.3 is 0 Å². The highest BCUT2D eigenvalue weighted by atomic mass is 32.2. The van der Waals surface area contributed by atoms with Crippen LogP contribution in [0.3, 0.4) is 0 Å². The molecular formula is C16H21N3O4S. The Bertz CT molecular complexity index is 774. The van der Waals surface area contributed by atoms with Crippen molar-refractivity contribution >= 4 is 21.8 Å². The molecule has 0 radical (unpaired) electrons. The molecule has 0 unspecified atom stereocenters. The lowest BCUT2D eigenvalue weighted by Gasteiger charge is -2.31. The van der Waals surface area contributed by atoms with E-state index >= 15 is 0 Å². The van der Waals surface area contributed by atoms with Crippen molar-refractivity contribution in [2.45, 2.75) is 17.9 Å². The Morgan fingerprint density at radius 1 is 1.42 bits per heavy atom. The third-order valence-corrected chi connectivity index (χ3v) is 5.56. The van der Waals surface area contributed by atoms with E-state index in [9.17, 15) is 18.0 Å². The van der Waals surface area contributed by atoms with Crippen LogP contribution in [-0.2, 0) is 32.6 Å². The molecule has 0 saturated heterocycles. The Labute approximate surface area is 142 Å². The van der Waals surface area contributed by atoms with Crippen LogP contribution in [0.25, 0.3) is 0 Å². The number of benzene rings is 1. The smallest absolute Gasteiger partial charge is 0.246 e. The zero-order valence-electron chi connectivity index (χ0n) is 13.8. The fourth-order valence-electron chi connectivity index (χ4n) is 2.69.